The summed E-state index contributed by atoms with van der Waals surface area (Å²) >= 11 is 0. The van der Waals surface area contributed by atoms with E-state index in [2.05, 4.69) is 36.4 Å². The molecule has 1 aliphatic rings. The molecule has 1 heterocycles. The van der Waals surface area contributed by atoms with E-state index in [-0.39, 0.29) is 5.91 Å². The Morgan fingerprint density at radius 2 is 2.24 bits per heavy atom. The maximum atomic E-state index is 11.6. The van der Waals surface area contributed by atoms with Gasteiger partial charge in [0.15, 0.2) is 0 Å². The first-order valence-electron chi connectivity index (χ1n) is 6.76. The van der Waals surface area contributed by atoms with Crippen LogP contribution in [-0.2, 0) is 4.79 Å². The minimum absolute atomic E-state index is 0.159. The second kappa shape index (κ2) is 6.97. The lowest BCUT2D eigenvalue weighted by molar-refractivity contribution is -0.121. The number of likely N-dealkylation sites (tertiary alicyclic amines) is 1. The summed E-state index contributed by atoms with van der Waals surface area (Å²) in [5.41, 5.74) is 0. The quantitative estimate of drug-likeness (QED) is 0.728. The summed E-state index contributed by atoms with van der Waals surface area (Å²) in [6, 6.07) is 1.49. The largest absolute Gasteiger partial charge is 0.354 e. The highest BCUT2D eigenvalue weighted by Crippen LogP contribution is 2.14. The molecule has 0 aliphatic carbocycles. The van der Waals surface area contributed by atoms with E-state index in [0.29, 0.717) is 24.5 Å². The summed E-state index contributed by atoms with van der Waals surface area (Å²) in [7, 11) is 2.15. The van der Waals surface area contributed by atoms with Crippen LogP contribution in [0, 0.1) is 0 Å². The molecule has 3 unspecified atom stereocenters. The number of likely N-dealkylation sites (N-methyl/N-ethyl adjacent to an activating group) is 1. The molecule has 0 aromatic carbocycles. The Morgan fingerprint density at radius 1 is 1.53 bits per heavy atom. The molecular weight excluding hydrogens is 214 g/mol. The molecule has 2 N–H and O–H groups in total. The maximum Gasteiger partial charge on any atom is 0.221 e. The molecule has 0 saturated carbocycles. The van der Waals surface area contributed by atoms with Crippen molar-refractivity contribution in [3.05, 3.63) is 0 Å². The van der Waals surface area contributed by atoms with Gasteiger partial charge in [-0.3, -0.25) is 4.79 Å². The van der Waals surface area contributed by atoms with Crippen molar-refractivity contribution in [3.8, 4) is 0 Å². The van der Waals surface area contributed by atoms with Gasteiger partial charge in [0.2, 0.25) is 5.91 Å². The van der Waals surface area contributed by atoms with Gasteiger partial charge in [-0.2, -0.15) is 0 Å². The Hall–Kier alpha value is -0.610. The van der Waals surface area contributed by atoms with Gasteiger partial charge in [-0.15, -0.1) is 0 Å². The van der Waals surface area contributed by atoms with E-state index in [1.807, 2.05) is 6.92 Å². The van der Waals surface area contributed by atoms with Crippen LogP contribution in [0.15, 0.2) is 0 Å². The third kappa shape index (κ3) is 5.04. The lowest BCUT2D eigenvalue weighted by atomic mass is 10.2. The number of nitrogens with zero attached hydrogens (tertiary/aromatic N) is 1. The van der Waals surface area contributed by atoms with E-state index in [1.165, 1.54) is 6.42 Å². The van der Waals surface area contributed by atoms with E-state index in [4.69, 9.17) is 0 Å². The third-order valence-electron chi connectivity index (χ3n) is 3.69. The molecule has 1 aliphatic heterocycles. The van der Waals surface area contributed by atoms with Crippen molar-refractivity contribution in [1.29, 1.82) is 0 Å². The van der Waals surface area contributed by atoms with E-state index in [1.54, 1.807) is 0 Å². The van der Waals surface area contributed by atoms with Crippen molar-refractivity contribution in [2.75, 3.05) is 20.1 Å². The van der Waals surface area contributed by atoms with Crippen LogP contribution in [0.5, 0.6) is 0 Å². The van der Waals surface area contributed by atoms with Gasteiger partial charge in [0, 0.05) is 37.6 Å². The fourth-order valence-electron chi connectivity index (χ4n) is 2.18. The average molecular weight is 241 g/mol. The van der Waals surface area contributed by atoms with Crippen molar-refractivity contribution >= 4 is 5.91 Å². The lowest BCUT2D eigenvalue weighted by Gasteiger charge is -2.14. The molecule has 1 saturated heterocycles. The fraction of sp³-hybridized carbons (Fsp3) is 0.923. The Kier molecular flexibility index (Phi) is 5.92. The molecule has 4 nitrogen and oxygen atoms in total. The smallest absolute Gasteiger partial charge is 0.221 e. The normalized spacial score (nSPS) is 27.1. The Morgan fingerprint density at radius 3 is 2.76 bits per heavy atom. The first-order chi connectivity index (χ1) is 8.02. The summed E-state index contributed by atoms with van der Waals surface area (Å²) in [6.07, 6.45) is 2.76. The van der Waals surface area contributed by atoms with Crippen LogP contribution in [-0.4, -0.2) is 49.1 Å². The summed E-state index contributed by atoms with van der Waals surface area (Å²) in [4.78, 5) is 13.9. The van der Waals surface area contributed by atoms with Crippen molar-refractivity contribution in [1.82, 2.24) is 15.5 Å². The zero-order chi connectivity index (χ0) is 12.8. The van der Waals surface area contributed by atoms with Crippen molar-refractivity contribution in [3.63, 3.8) is 0 Å². The number of carbonyl (C=O) groups excluding carboxylic acids is 1. The topological polar surface area (TPSA) is 44.4 Å². The van der Waals surface area contributed by atoms with Crippen molar-refractivity contribution < 1.29 is 4.79 Å². The molecule has 1 amide bonds. The monoisotopic (exact) mass is 241 g/mol. The summed E-state index contributed by atoms with van der Waals surface area (Å²) < 4.78 is 0. The molecule has 17 heavy (non-hydrogen) atoms. The molecular formula is C13H27N3O. The Balaban J connectivity index is 2.10. The van der Waals surface area contributed by atoms with Crippen LogP contribution < -0.4 is 10.6 Å². The van der Waals surface area contributed by atoms with Gasteiger partial charge < -0.3 is 15.5 Å². The molecule has 4 heteroatoms. The minimum Gasteiger partial charge on any atom is -0.354 e. The van der Waals surface area contributed by atoms with E-state index in [9.17, 15) is 4.79 Å². The van der Waals surface area contributed by atoms with Gasteiger partial charge in [0.05, 0.1) is 0 Å². The number of rotatable bonds is 6. The Labute approximate surface area is 105 Å². The highest BCUT2D eigenvalue weighted by atomic mass is 16.1. The summed E-state index contributed by atoms with van der Waals surface area (Å²) in [5, 5.41) is 6.45. The average Bonchev–Trinajstić information content (AvgIpc) is 2.58. The minimum atomic E-state index is 0.159. The Bertz CT molecular complexity index is 235. The first-order valence-corrected chi connectivity index (χ1v) is 6.76. The van der Waals surface area contributed by atoms with Crippen LogP contribution in [0.25, 0.3) is 0 Å². The number of nitrogens with one attached hydrogen (secondary N) is 2. The lowest BCUT2D eigenvalue weighted by Crippen LogP contribution is -2.37. The SMILES string of the molecule is CCC(C)NC(=O)CCNC1CC(C)N(C)C1. The van der Waals surface area contributed by atoms with Gasteiger partial charge >= 0.3 is 0 Å². The second-order valence-corrected chi connectivity index (χ2v) is 5.30. The van der Waals surface area contributed by atoms with Crippen LogP contribution in [0.2, 0.25) is 0 Å². The zero-order valence-corrected chi connectivity index (χ0v) is 11.6. The highest BCUT2D eigenvalue weighted by Gasteiger charge is 2.25. The maximum absolute atomic E-state index is 11.6. The number of amides is 1. The predicted octanol–water partition coefficient (Wildman–Crippen LogP) is 0.973. The van der Waals surface area contributed by atoms with Crippen molar-refractivity contribution in [2.45, 2.75) is 58.2 Å². The van der Waals surface area contributed by atoms with Gasteiger partial charge in [0.25, 0.3) is 0 Å². The highest BCUT2D eigenvalue weighted by molar-refractivity contribution is 5.76. The van der Waals surface area contributed by atoms with E-state index < -0.39 is 0 Å². The number of carbonyl (C=O) groups is 1. The van der Waals surface area contributed by atoms with Gasteiger partial charge in [-0.05, 0) is 33.7 Å². The molecule has 0 radical (unpaired) electrons. The molecule has 1 rings (SSSR count). The first kappa shape index (κ1) is 14.5. The predicted molar refractivity (Wildman–Crippen MR) is 71.0 cm³/mol. The van der Waals surface area contributed by atoms with Crippen LogP contribution in [0.1, 0.15) is 40.0 Å². The molecule has 0 aromatic heterocycles. The second-order valence-electron chi connectivity index (χ2n) is 5.30. The van der Waals surface area contributed by atoms with Crippen LogP contribution in [0.3, 0.4) is 0 Å². The van der Waals surface area contributed by atoms with Crippen LogP contribution >= 0.6 is 0 Å². The number of hydrogen-bond donors (Lipinski definition) is 2. The molecule has 3 atom stereocenters. The van der Waals surface area contributed by atoms with Crippen molar-refractivity contribution in [2.24, 2.45) is 0 Å². The molecule has 1 fully saturated rings. The van der Waals surface area contributed by atoms with E-state index >= 15 is 0 Å². The summed E-state index contributed by atoms with van der Waals surface area (Å²) in [6.45, 7) is 8.25. The molecule has 0 bridgehead atoms. The summed E-state index contributed by atoms with van der Waals surface area (Å²) in [5.74, 6) is 0.159. The zero-order valence-electron chi connectivity index (χ0n) is 11.6. The molecule has 100 valence electrons. The van der Waals surface area contributed by atoms with E-state index in [0.717, 1.165) is 19.5 Å². The molecule has 0 aromatic rings. The van der Waals surface area contributed by atoms with Gasteiger partial charge in [0.1, 0.15) is 0 Å². The third-order valence-corrected chi connectivity index (χ3v) is 3.69. The van der Waals surface area contributed by atoms with Gasteiger partial charge in [-0.1, -0.05) is 6.92 Å². The standard InChI is InChI=1S/C13H27N3O/c1-5-10(2)15-13(17)6-7-14-12-8-11(3)16(4)9-12/h10-12,14H,5-9H2,1-4H3,(H,15,17). The number of hydrogen-bond acceptors (Lipinski definition) is 3. The fourth-order valence-corrected chi connectivity index (χ4v) is 2.18. The van der Waals surface area contributed by atoms with Gasteiger partial charge in [-0.25, -0.2) is 0 Å². The van der Waals surface area contributed by atoms with Crippen LogP contribution in [0.4, 0.5) is 0 Å². The molecule has 0 spiro atoms.